The summed E-state index contributed by atoms with van der Waals surface area (Å²) in [6.45, 7) is 4.59. The number of anilines is 2. The lowest BCUT2D eigenvalue weighted by Crippen LogP contribution is -2.38. The van der Waals surface area contributed by atoms with Crippen LogP contribution in [0.1, 0.15) is 26.2 Å². The molecule has 0 aromatic heterocycles. The van der Waals surface area contributed by atoms with E-state index in [2.05, 4.69) is 27.8 Å². The summed E-state index contributed by atoms with van der Waals surface area (Å²) in [5.41, 5.74) is 1.53. The molecule has 146 valence electrons. The number of sulfonamides is 1. The maximum Gasteiger partial charge on any atom is 0.248 e. The number of hydrogen-bond donors (Lipinski definition) is 1. The normalized spacial score (nSPS) is 20.0. The first-order valence-corrected chi connectivity index (χ1v) is 12.6. The molecule has 0 spiro atoms. The monoisotopic (exact) mass is 470 g/mol. The number of unbranched alkanes of at least 4 members (excludes halogenated alkanes) is 1. The molecule has 5 nitrogen and oxygen atoms in total. The number of hydrogen-bond acceptors (Lipinski definition) is 4. The van der Waals surface area contributed by atoms with Crippen LogP contribution in [0.15, 0.2) is 51.8 Å². The van der Waals surface area contributed by atoms with Gasteiger partial charge in [0.15, 0.2) is 0 Å². The van der Waals surface area contributed by atoms with E-state index in [-0.39, 0.29) is 25.4 Å². The zero-order valence-corrected chi connectivity index (χ0v) is 18.8. The van der Waals surface area contributed by atoms with E-state index in [0.717, 1.165) is 24.9 Å². The number of rotatable bonds is 5. The molecule has 2 aromatic carbocycles. The Morgan fingerprint density at radius 3 is 2.59 bits per heavy atom. The summed E-state index contributed by atoms with van der Waals surface area (Å²) in [4.78, 5) is 2.21. The zero-order chi connectivity index (χ0) is 19.6. The molecule has 0 radical (unpaired) electrons. The third kappa shape index (κ3) is 4.02. The van der Waals surface area contributed by atoms with Crippen molar-refractivity contribution in [3.8, 4) is 5.75 Å². The van der Waals surface area contributed by atoms with Crippen molar-refractivity contribution in [3.63, 3.8) is 0 Å². The fraction of sp³-hybridized carbons (Fsp3) is 0.368. The van der Waals surface area contributed by atoms with Gasteiger partial charge in [0.2, 0.25) is 10.0 Å². The van der Waals surface area contributed by atoms with Crippen molar-refractivity contribution in [2.24, 2.45) is 0 Å². The van der Waals surface area contributed by atoms with Gasteiger partial charge < -0.3 is 10.0 Å². The average Bonchev–Trinajstić information content (AvgIpc) is 2.74. The standard InChI is InChI=1S/C19H24BrN2O3PS/c1-3-4-8-15-13-21(14-9-6-5-7-10-14)17-11-16(20)18(23)12-19(17)27(24,25)22(15)26-2/h5-7,9-12,15,23,26H,3-4,8,13H2,1-2H3/t15-/m1/s1. The second-order valence-corrected chi connectivity index (χ2v) is 10.4. The zero-order valence-electron chi connectivity index (χ0n) is 15.4. The molecule has 3 rings (SSSR count). The van der Waals surface area contributed by atoms with E-state index >= 15 is 0 Å². The highest BCUT2D eigenvalue weighted by atomic mass is 79.9. The first-order valence-electron chi connectivity index (χ1n) is 8.97. The van der Waals surface area contributed by atoms with Crippen LogP contribution in [0.2, 0.25) is 0 Å². The van der Waals surface area contributed by atoms with Gasteiger partial charge in [-0.05, 0) is 55.9 Å². The van der Waals surface area contributed by atoms with Crippen molar-refractivity contribution in [2.45, 2.75) is 37.1 Å². The quantitative estimate of drug-likeness (QED) is 0.618. The molecule has 1 aliphatic rings. The van der Waals surface area contributed by atoms with Crippen LogP contribution in [0.25, 0.3) is 0 Å². The summed E-state index contributed by atoms with van der Waals surface area (Å²) in [5.74, 6) is -0.0725. The van der Waals surface area contributed by atoms with Gasteiger partial charge in [-0.1, -0.05) is 38.0 Å². The smallest absolute Gasteiger partial charge is 0.248 e. The SMILES string of the molecule is CCCC[C@@H]1CN(c2ccccc2)c2cc(Br)c(O)cc2S(=O)(=O)N1PC. The molecule has 1 heterocycles. The summed E-state index contributed by atoms with van der Waals surface area (Å²) >= 11 is 3.34. The van der Waals surface area contributed by atoms with E-state index in [4.69, 9.17) is 0 Å². The summed E-state index contributed by atoms with van der Waals surface area (Å²) in [6, 6.07) is 12.8. The number of para-hydroxylation sites is 1. The topological polar surface area (TPSA) is 60.9 Å². The van der Waals surface area contributed by atoms with Gasteiger partial charge in [0.25, 0.3) is 0 Å². The predicted molar refractivity (Wildman–Crippen MR) is 116 cm³/mol. The molecule has 0 saturated carbocycles. The predicted octanol–water partition coefficient (Wildman–Crippen LogP) is 5.08. The van der Waals surface area contributed by atoms with Crippen LogP contribution in [0.4, 0.5) is 11.4 Å². The Hall–Kier alpha value is -1.14. The summed E-state index contributed by atoms with van der Waals surface area (Å²) in [6.07, 6.45) is 2.79. The lowest BCUT2D eigenvalue weighted by molar-refractivity contribution is 0.428. The van der Waals surface area contributed by atoms with E-state index in [0.29, 0.717) is 16.7 Å². The third-order valence-electron chi connectivity index (χ3n) is 4.76. The lowest BCUT2D eigenvalue weighted by Gasteiger charge is -2.30. The Bertz CT molecular complexity index is 909. The highest BCUT2D eigenvalue weighted by Crippen LogP contribution is 2.45. The molecular formula is C19H24BrN2O3PS. The Balaban J connectivity index is 2.23. The molecular weight excluding hydrogens is 447 g/mol. The van der Waals surface area contributed by atoms with Crippen molar-refractivity contribution >= 4 is 46.1 Å². The van der Waals surface area contributed by atoms with Crippen LogP contribution in [0.3, 0.4) is 0 Å². The number of phenolic OH excluding ortho intramolecular Hbond substituents is 1. The molecule has 0 amide bonds. The number of nitrogens with zero attached hydrogens (tertiary/aromatic N) is 2. The maximum atomic E-state index is 13.4. The van der Waals surface area contributed by atoms with Crippen LogP contribution in [0, 0.1) is 0 Å². The Kier molecular flexibility index (Phi) is 6.46. The second-order valence-electron chi connectivity index (χ2n) is 6.54. The number of benzene rings is 2. The largest absolute Gasteiger partial charge is 0.507 e. The number of aromatic hydroxyl groups is 1. The summed E-state index contributed by atoms with van der Waals surface area (Å²) in [7, 11) is -3.58. The first-order chi connectivity index (χ1) is 12.9. The highest BCUT2D eigenvalue weighted by Gasteiger charge is 2.38. The summed E-state index contributed by atoms with van der Waals surface area (Å²) in [5, 5.41) is 10.2. The van der Waals surface area contributed by atoms with Crippen LogP contribution in [-0.2, 0) is 10.0 Å². The molecule has 0 aliphatic carbocycles. The molecule has 27 heavy (non-hydrogen) atoms. The highest BCUT2D eigenvalue weighted by molar-refractivity contribution is 9.10. The van der Waals surface area contributed by atoms with Crippen molar-refractivity contribution in [3.05, 3.63) is 46.9 Å². The minimum atomic E-state index is -3.71. The minimum Gasteiger partial charge on any atom is -0.507 e. The van der Waals surface area contributed by atoms with E-state index in [9.17, 15) is 13.5 Å². The number of fused-ring (bicyclic) bond motifs is 1. The Morgan fingerprint density at radius 2 is 1.96 bits per heavy atom. The first kappa shape index (κ1) is 20.6. The second kappa shape index (κ2) is 8.48. The molecule has 1 N–H and O–H groups in total. The van der Waals surface area contributed by atoms with Gasteiger partial charge in [-0.25, -0.2) is 8.42 Å². The third-order valence-corrected chi connectivity index (χ3v) is 9.17. The molecule has 0 saturated heterocycles. The van der Waals surface area contributed by atoms with E-state index < -0.39 is 10.0 Å². The van der Waals surface area contributed by atoms with Crippen molar-refractivity contribution in [2.75, 3.05) is 18.1 Å². The molecule has 1 aliphatic heterocycles. The van der Waals surface area contributed by atoms with Crippen LogP contribution in [-0.4, -0.2) is 36.9 Å². The van der Waals surface area contributed by atoms with Gasteiger partial charge in [0.05, 0.1) is 10.2 Å². The van der Waals surface area contributed by atoms with Gasteiger partial charge in [0, 0.05) is 24.3 Å². The van der Waals surface area contributed by atoms with Gasteiger partial charge >= 0.3 is 0 Å². The van der Waals surface area contributed by atoms with Gasteiger partial charge in [0.1, 0.15) is 10.6 Å². The van der Waals surface area contributed by atoms with Gasteiger partial charge in [-0.15, -0.1) is 0 Å². The molecule has 1 unspecified atom stereocenters. The molecule has 0 bridgehead atoms. The number of phenols is 1. The van der Waals surface area contributed by atoms with Crippen LogP contribution < -0.4 is 4.90 Å². The Labute approximate surface area is 171 Å². The fourth-order valence-electron chi connectivity index (χ4n) is 3.44. The molecule has 2 aromatic rings. The van der Waals surface area contributed by atoms with E-state index in [1.165, 1.54) is 6.07 Å². The maximum absolute atomic E-state index is 13.4. The lowest BCUT2D eigenvalue weighted by atomic mass is 10.1. The van der Waals surface area contributed by atoms with Crippen LogP contribution >= 0.6 is 24.7 Å². The molecule has 2 atom stereocenters. The van der Waals surface area contributed by atoms with Gasteiger partial charge in [-0.2, -0.15) is 4.08 Å². The molecule has 8 heteroatoms. The number of halogens is 1. The van der Waals surface area contributed by atoms with E-state index in [1.54, 1.807) is 10.1 Å². The van der Waals surface area contributed by atoms with Crippen molar-refractivity contribution < 1.29 is 13.5 Å². The van der Waals surface area contributed by atoms with Crippen molar-refractivity contribution in [1.29, 1.82) is 0 Å². The fourth-order valence-corrected chi connectivity index (χ4v) is 7.07. The average molecular weight is 471 g/mol. The summed E-state index contributed by atoms with van der Waals surface area (Å²) < 4.78 is 29.0. The Morgan fingerprint density at radius 1 is 1.26 bits per heavy atom. The van der Waals surface area contributed by atoms with Gasteiger partial charge in [-0.3, -0.25) is 0 Å². The molecule has 0 fully saturated rings. The van der Waals surface area contributed by atoms with E-state index in [1.807, 2.05) is 37.0 Å². The van der Waals surface area contributed by atoms with Crippen molar-refractivity contribution in [1.82, 2.24) is 4.08 Å². The van der Waals surface area contributed by atoms with Crippen LogP contribution in [0.5, 0.6) is 5.75 Å². The minimum absolute atomic E-state index is 0.0725.